The maximum Gasteiger partial charge on any atom is 0.338 e. The molecule has 0 bridgehead atoms. The van der Waals surface area contributed by atoms with Crippen LogP contribution in [0.2, 0.25) is 0 Å². The number of benzene rings is 2. The minimum Gasteiger partial charge on any atom is -0.463 e. The number of hydrogen-bond donors (Lipinski definition) is 0. The van der Waals surface area contributed by atoms with Crippen LogP contribution in [0.4, 0.5) is 0 Å². The van der Waals surface area contributed by atoms with Gasteiger partial charge in [-0.15, -0.1) is 11.3 Å². The number of fused-ring (bicyclic) bond motifs is 1. The molecule has 0 fully saturated rings. The van der Waals surface area contributed by atoms with E-state index in [0.717, 1.165) is 19.8 Å². The second kappa shape index (κ2) is 11.6. The van der Waals surface area contributed by atoms with Gasteiger partial charge in [0.1, 0.15) is 11.8 Å². The van der Waals surface area contributed by atoms with E-state index in [4.69, 9.17) is 14.1 Å². The van der Waals surface area contributed by atoms with Crippen molar-refractivity contribution in [2.75, 3.05) is 6.61 Å². The fourth-order valence-corrected chi connectivity index (χ4v) is 7.55. The highest BCUT2D eigenvalue weighted by Gasteiger charge is 2.35. The third-order valence-corrected chi connectivity index (χ3v) is 9.84. The number of hydrogen-bond acceptors (Lipinski definition) is 8. The van der Waals surface area contributed by atoms with E-state index in [1.165, 1.54) is 34.4 Å². The van der Waals surface area contributed by atoms with Crippen LogP contribution in [0, 0.1) is 0 Å². The molecule has 40 heavy (non-hydrogen) atoms. The van der Waals surface area contributed by atoms with Crippen LogP contribution in [0.3, 0.4) is 0 Å². The van der Waals surface area contributed by atoms with Gasteiger partial charge in [0.2, 0.25) is 0 Å². The fourth-order valence-electron chi connectivity index (χ4n) is 4.39. The number of nitrogens with zero attached hydrogens (tertiary/aromatic N) is 2. The van der Waals surface area contributed by atoms with Crippen molar-refractivity contribution in [2.24, 2.45) is 4.99 Å². The van der Waals surface area contributed by atoms with Crippen molar-refractivity contribution >= 4 is 68.1 Å². The standard InChI is InChI=1S/C30H21BrN2O4S3/c1-2-36-28(35)24-25(18-10-5-3-6-11-18)32-30-33(26(24)22-14-9-15-38-22)27(34)23(40-30)17-19-16-21(31)29(37-19)39-20-12-7-4-8-13-20/h3-17,26H,2H2,1H3/b23-17+/t26-/m1/s1. The fraction of sp³-hybridized carbons (Fsp3) is 0.100. The lowest BCUT2D eigenvalue weighted by atomic mass is 9.97. The van der Waals surface area contributed by atoms with Crippen molar-refractivity contribution in [3.63, 3.8) is 0 Å². The second-order valence-electron chi connectivity index (χ2n) is 8.65. The molecule has 4 heterocycles. The number of thiophene rings is 1. The van der Waals surface area contributed by atoms with E-state index in [9.17, 15) is 9.59 Å². The van der Waals surface area contributed by atoms with Crippen molar-refractivity contribution in [1.82, 2.24) is 4.57 Å². The predicted octanol–water partition coefficient (Wildman–Crippen LogP) is 6.50. The first kappa shape index (κ1) is 26.8. The summed E-state index contributed by atoms with van der Waals surface area (Å²) in [7, 11) is 0. The highest BCUT2D eigenvalue weighted by Crippen LogP contribution is 2.38. The zero-order valence-corrected chi connectivity index (χ0v) is 25.1. The number of ether oxygens (including phenoxy) is 1. The van der Waals surface area contributed by atoms with Gasteiger partial charge >= 0.3 is 5.97 Å². The molecular weight excluding hydrogens is 628 g/mol. The highest BCUT2D eigenvalue weighted by atomic mass is 79.9. The lowest BCUT2D eigenvalue weighted by molar-refractivity contribution is -0.138. The molecule has 0 unspecified atom stereocenters. The summed E-state index contributed by atoms with van der Waals surface area (Å²) < 4.78 is 14.4. The van der Waals surface area contributed by atoms with Crippen molar-refractivity contribution in [3.05, 3.63) is 130 Å². The zero-order chi connectivity index (χ0) is 27.6. The maximum absolute atomic E-state index is 13.9. The van der Waals surface area contributed by atoms with Gasteiger partial charge in [0.25, 0.3) is 5.56 Å². The molecule has 3 aromatic heterocycles. The van der Waals surface area contributed by atoms with Crippen LogP contribution in [-0.4, -0.2) is 17.1 Å². The minimum atomic E-state index is -0.666. The van der Waals surface area contributed by atoms with Crippen LogP contribution in [-0.2, 0) is 9.53 Å². The molecule has 0 radical (unpaired) electrons. The molecule has 0 saturated carbocycles. The molecule has 1 atom stereocenters. The molecule has 6 rings (SSSR count). The second-order valence-corrected chi connectivity index (χ2v) is 12.5. The minimum absolute atomic E-state index is 0.211. The van der Waals surface area contributed by atoms with Gasteiger partial charge in [-0.3, -0.25) is 9.36 Å². The summed E-state index contributed by atoms with van der Waals surface area (Å²) >= 11 is 7.82. The number of rotatable bonds is 7. The van der Waals surface area contributed by atoms with Crippen molar-refractivity contribution < 1.29 is 13.9 Å². The molecule has 0 spiro atoms. The summed E-state index contributed by atoms with van der Waals surface area (Å²) in [6, 6.07) is 24.5. The molecule has 1 aliphatic rings. The van der Waals surface area contributed by atoms with Crippen LogP contribution >= 0.6 is 50.4 Å². The van der Waals surface area contributed by atoms with Gasteiger partial charge in [-0.2, -0.15) is 0 Å². The summed E-state index contributed by atoms with van der Waals surface area (Å²) in [5.41, 5.74) is 1.38. The number of furan rings is 1. The first-order chi connectivity index (χ1) is 19.5. The molecule has 2 aromatic carbocycles. The summed E-state index contributed by atoms with van der Waals surface area (Å²) in [6.07, 6.45) is 1.73. The van der Waals surface area contributed by atoms with Crippen LogP contribution < -0.4 is 14.9 Å². The molecule has 6 nitrogen and oxygen atoms in total. The Morgan fingerprint density at radius 3 is 2.58 bits per heavy atom. The van der Waals surface area contributed by atoms with Gasteiger partial charge in [-0.25, -0.2) is 9.79 Å². The van der Waals surface area contributed by atoms with Crippen LogP contribution in [0.15, 0.2) is 118 Å². The zero-order valence-electron chi connectivity index (χ0n) is 21.1. The number of carbonyl (C=O) groups excluding carboxylic acids is 1. The number of aromatic nitrogens is 1. The summed E-state index contributed by atoms with van der Waals surface area (Å²) in [5, 5.41) is 2.63. The summed E-state index contributed by atoms with van der Waals surface area (Å²) in [5.74, 6) is 0.0476. The smallest absolute Gasteiger partial charge is 0.338 e. The largest absolute Gasteiger partial charge is 0.463 e. The van der Waals surface area contributed by atoms with Crippen molar-refractivity contribution in [3.8, 4) is 0 Å². The first-order valence-electron chi connectivity index (χ1n) is 12.4. The molecule has 0 aliphatic carbocycles. The van der Waals surface area contributed by atoms with E-state index in [1.54, 1.807) is 17.6 Å². The molecule has 0 saturated heterocycles. The average Bonchev–Trinajstić information content (AvgIpc) is 3.69. The topological polar surface area (TPSA) is 73.8 Å². The van der Waals surface area contributed by atoms with Gasteiger partial charge in [-0.05, 0) is 52.5 Å². The van der Waals surface area contributed by atoms with Gasteiger partial charge < -0.3 is 9.15 Å². The van der Waals surface area contributed by atoms with E-state index in [0.29, 0.717) is 31.5 Å². The van der Waals surface area contributed by atoms with Crippen LogP contribution in [0.1, 0.15) is 29.2 Å². The maximum atomic E-state index is 13.9. The third kappa shape index (κ3) is 5.19. The van der Waals surface area contributed by atoms with E-state index in [-0.39, 0.29) is 12.2 Å². The molecule has 0 amide bonds. The Kier molecular flexibility index (Phi) is 7.75. The Balaban J connectivity index is 1.52. The molecule has 0 N–H and O–H groups in total. The molecular formula is C30H21BrN2O4S3. The van der Waals surface area contributed by atoms with Gasteiger partial charge in [0.05, 0.1) is 26.9 Å². The quantitative estimate of drug-likeness (QED) is 0.188. The van der Waals surface area contributed by atoms with E-state index < -0.39 is 12.0 Å². The first-order valence-corrected chi connectivity index (χ1v) is 15.7. The van der Waals surface area contributed by atoms with E-state index >= 15 is 0 Å². The molecule has 5 aromatic rings. The lowest BCUT2D eigenvalue weighted by Gasteiger charge is -2.24. The Morgan fingerprint density at radius 2 is 1.88 bits per heavy atom. The Bertz CT molecular complexity index is 1890. The van der Waals surface area contributed by atoms with Crippen LogP contribution in [0.5, 0.6) is 0 Å². The average molecular weight is 650 g/mol. The third-order valence-electron chi connectivity index (χ3n) is 6.09. The molecule has 1 aliphatic heterocycles. The van der Waals surface area contributed by atoms with Gasteiger partial charge in [-0.1, -0.05) is 77.7 Å². The monoisotopic (exact) mass is 648 g/mol. The summed E-state index contributed by atoms with van der Waals surface area (Å²) in [6.45, 7) is 1.98. The number of esters is 1. The number of thiazole rings is 1. The lowest BCUT2D eigenvalue weighted by Crippen LogP contribution is -2.39. The van der Waals surface area contributed by atoms with E-state index in [2.05, 4.69) is 15.9 Å². The Hall–Kier alpha value is -3.44. The van der Waals surface area contributed by atoms with Crippen LogP contribution in [0.25, 0.3) is 11.8 Å². The Labute approximate surface area is 250 Å². The summed E-state index contributed by atoms with van der Waals surface area (Å²) in [4.78, 5) is 34.6. The van der Waals surface area contributed by atoms with E-state index in [1.807, 2.05) is 84.2 Å². The Morgan fingerprint density at radius 1 is 1.12 bits per heavy atom. The van der Waals surface area contributed by atoms with Crippen molar-refractivity contribution in [1.29, 1.82) is 0 Å². The van der Waals surface area contributed by atoms with Crippen molar-refractivity contribution in [2.45, 2.75) is 23.0 Å². The van der Waals surface area contributed by atoms with Gasteiger partial charge in [0.15, 0.2) is 9.89 Å². The molecule has 10 heteroatoms. The predicted molar refractivity (Wildman–Crippen MR) is 162 cm³/mol. The number of halogens is 1. The molecule has 200 valence electrons. The van der Waals surface area contributed by atoms with Gasteiger partial charge in [0, 0.05) is 21.4 Å². The number of carbonyl (C=O) groups is 1. The normalized spacial score (nSPS) is 15.2. The SMILES string of the molecule is CCOC(=O)C1=C(c2ccccc2)N=c2s/c(=C/c3cc(Br)c(Sc4ccccc4)o3)c(=O)n2[C@@H]1c1cccs1. The highest BCUT2D eigenvalue weighted by molar-refractivity contribution is 9.10.